The molecule has 0 aromatic carbocycles. The second-order valence-corrected chi connectivity index (χ2v) is 4.59. The van der Waals surface area contributed by atoms with Crippen molar-refractivity contribution in [3.8, 4) is 0 Å². The SMILES string of the molecule is CC1OCCC1(O)CNC(=O)C1CCCO1. The Hall–Kier alpha value is -0.650. The minimum absolute atomic E-state index is 0.120. The van der Waals surface area contributed by atoms with Crippen molar-refractivity contribution in [3.05, 3.63) is 0 Å². The number of ether oxygens (including phenoxy) is 2. The van der Waals surface area contributed by atoms with Gasteiger partial charge in [-0.3, -0.25) is 4.79 Å². The molecule has 16 heavy (non-hydrogen) atoms. The lowest BCUT2D eigenvalue weighted by Crippen LogP contribution is -2.49. The van der Waals surface area contributed by atoms with E-state index in [1.165, 1.54) is 0 Å². The first-order valence-corrected chi connectivity index (χ1v) is 5.85. The zero-order valence-corrected chi connectivity index (χ0v) is 9.57. The lowest BCUT2D eigenvalue weighted by atomic mass is 9.96. The first kappa shape index (κ1) is 11.8. The van der Waals surface area contributed by atoms with Gasteiger partial charge in [0.2, 0.25) is 5.91 Å². The summed E-state index contributed by atoms with van der Waals surface area (Å²) in [5, 5.41) is 12.9. The first-order chi connectivity index (χ1) is 7.62. The highest BCUT2D eigenvalue weighted by molar-refractivity contribution is 5.81. The summed E-state index contributed by atoms with van der Waals surface area (Å²) in [6, 6.07) is 0. The molecule has 2 heterocycles. The Kier molecular flexibility index (Phi) is 3.47. The van der Waals surface area contributed by atoms with Crippen LogP contribution < -0.4 is 5.32 Å². The third kappa shape index (κ3) is 2.36. The number of rotatable bonds is 3. The van der Waals surface area contributed by atoms with E-state index >= 15 is 0 Å². The molecule has 2 aliphatic rings. The van der Waals surface area contributed by atoms with Gasteiger partial charge in [0.1, 0.15) is 11.7 Å². The van der Waals surface area contributed by atoms with Crippen molar-refractivity contribution >= 4 is 5.91 Å². The highest BCUT2D eigenvalue weighted by Gasteiger charge is 2.40. The summed E-state index contributed by atoms with van der Waals surface area (Å²) in [5.74, 6) is -0.120. The quantitative estimate of drug-likeness (QED) is 0.704. The highest BCUT2D eigenvalue weighted by atomic mass is 16.5. The van der Waals surface area contributed by atoms with Gasteiger partial charge >= 0.3 is 0 Å². The van der Waals surface area contributed by atoms with Crippen LogP contribution in [0.15, 0.2) is 0 Å². The van der Waals surface area contributed by atoms with Crippen molar-refractivity contribution in [2.75, 3.05) is 19.8 Å². The van der Waals surface area contributed by atoms with Crippen LogP contribution >= 0.6 is 0 Å². The molecule has 2 saturated heterocycles. The monoisotopic (exact) mass is 229 g/mol. The van der Waals surface area contributed by atoms with Gasteiger partial charge in [-0.15, -0.1) is 0 Å². The van der Waals surface area contributed by atoms with E-state index < -0.39 is 5.60 Å². The van der Waals surface area contributed by atoms with E-state index in [1.807, 2.05) is 6.92 Å². The fourth-order valence-electron chi connectivity index (χ4n) is 2.14. The molecule has 2 aliphatic heterocycles. The lowest BCUT2D eigenvalue weighted by molar-refractivity contribution is -0.131. The van der Waals surface area contributed by atoms with Gasteiger partial charge in [0.05, 0.1) is 6.10 Å². The predicted molar refractivity (Wildman–Crippen MR) is 57.0 cm³/mol. The van der Waals surface area contributed by atoms with Gasteiger partial charge < -0.3 is 19.9 Å². The maximum Gasteiger partial charge on any atom is 0.249 e. The molecule has 5 nitrogen and oxygen atoms in total. The van der Waals surface area contributed by atoms with E-state index in [4.69, 9.17) is 9.47 Å². The number of hydrogen-bond donors (Lipinski definition) is 2. The topological polar surface area (TPSA) is 67.8 Å². The Morgan fingerprint density at radius 1 is 1.50 bits per heavy atom. The van der Waals surface area contributed by atoms with Crippen LogP contribution in [0.25, 0.3) is 0 Å². The Labute approximate surface area is 95.1 Å². The Balaban J connectivity index is 1.80. The molecule has 0 aromatic heterocycles. The number of carbonyl (C=O) groups is 1. The number of amides is 1. The smallest absolute Gasteiger partial charge is 0.249 e. The largest absolute Gasteiger partial charge is 0.385 e. The van der Waals surface area contributed by atoms with Crippen molar-refractivity contribution < 1.29 is 19.4 Å². The van der Waals surface area contributed by atoms with Gasteiger partial charge in [0.15, 0.2) is 0 Å². The minimum Gasteiger partial charge on any atom is -0.385 e. The fraction of sp³-hybridized carbons (Fsp3) is 0.909. The third-order valence-electron chi connectivity index (χ3n) is 3.45. The second kappa shape index (κ2) is 4.69. The van der Waals surface area contributed by atoms with Gasteiger partial charge in [-0.05, 0) is 19.8 Å². The van der Waals surface area contributed by atoms with Crippen LogP contribution in [-0.4, -0.2) is 48.6 Å². The third-order valence-corrected chi connectivity index (χ3v) is 3.45. The van der Waals surface area contributed by atoms with Gasteiger partial charge in [0.25, 0.3) is 0 Å². The van der Waals surface area contributed by atoms with E-state index in [9.17, 15) is 9.90 Å². The number of carbonyl (C=O) groups excluding carboxylic acids is 1. The standard InChI is InChI=1S/C11H19NO4/c1-8-11(14,4-6-15-8)7-12-10(13)9-3-2-5-16-9/h8-9,14H,2-7H2,1H3,(H,12,13). The number of hydrogen-bond acceptors (Lipinski definition) is 4. The summed E-state index contributed by atoms with van der Waals surface area (Å²) in [6.45, 7) is 3.27. The zero-order valence-electron chi connectivity index (χ0n) is 9.57. The van der Waals surface area contributed by atoms with Crippen LogP contribution in [0, 0.1) is 0 Å². The molecule has 92 valence electrons. The predicted octanol–water partition coefficient (Wildman–Crippen LogP) is -0.179. The first-order valence-electron chi connectivity index (χ1n) is 5.85. The number of nitrogens with one attached hydrogen (secondary N) is 1. The highest BCUT2D eigenvalue weighted by Crippen LogP contribution is 2.24. The van der Waals surface area contributed by atoms with Gasteiger partial charge in [-0.25, -0.2) is 0 Å². The van der Waals surface area contributed by atoms with Crippen LogP contribution in [0.2, 0.25) is 0 Å². The lowest BCUT2D eigenvalue weighted by Gasteiger charge is -2.26. The van der Waals surface area contributed by atoms with Gasteiger partial charge in [-0.1, -0.05) is 0 Å². The molecular weight excluding hydrogens is 210 g/mol. The molecule has 2 fully saturated rings. The normalized spacial score (nSPS) is 38.9. The second-order valence-electron chi connectivity index (χ2n) is 4.59. The van der Waals surface area contributed by atoms with Crippen LogP contribution in [0.3, 0.4) is 0 Å². The molecule has 0 bridgehead atoms. The Morgan fingerprint density at radius 2 is 2.31 bits per heavy atom. The van der Waals surface area contributed by atoms with Crippen LogP contribution in [-0.2, 0) is 14.3 Å². The molecule has 0 aromatic rings. The van der Waals surface area contributed by atoms with Crippen LogP contribution in [0.1, 0.15) is 26.2 Å². The van der Waals surface area contributed by atoms with Crippen molar-refractivity contribution in [2.24, 2.45) is 0 Å². The van der Waals surface area contributed by atoms with Gasteiger partial charge in [-0.2, -0.15) is 0 Å². The molecule has 0 spiro atoms. The average molecular weight is 229 g/mol. The van der Waals surface area contributed by atoms with Crippen molar-refractivity contribution in [3.63, 3.8) is 0 Å². The minimum atomic E-state index is -0.922. The van der Waals surface area contributed by atoms with E-state index in [-0.39, 0.29) is 24.7 Å². The van der Waals surface area contributed by atoms with Crippen molar-refractivity contribution in [1.82, 2.24) is 5.32 Å². The molecule has 1 amide bonds. The van der Waals surface area contributed by atoms with Crippen molar-refractivity contribution in [2.45, 2.75) is 44.0 Å². The van der Waals surface area contributed by atoms with Crippen molar-refractivity contribution in [1.29, 1.82) is 0 Å². The van der Waals surface area contributed by atoms with Crippen LogP contribution in [0.4, 0.5) is 0 Å². The van der Waals surface area contributed by atoms with E-state index in [0.717, 1.165) is 12.8 Å². The molecule has 3 unspecified atom stereocenters. The molecule has 2 rings (SSSR count). The Morgan fingerprint density at radius 3 is 2.88 bits per heavy atom. The van der Waals surface area contributed by atoms with Gasteiger partial charge in [0, 0.05) is 26.2 Å². The van der Waals surface area contributed by atoms with E-state index in [2.05, 4.69) is 5.32 Å². The molecule has 0 saturated carbocycles. The summed E-state index contributed by atoms with van der Waals surface area (Å²) >= 11 is 0. The Bertz CT molecular complexity index is 265. The summed E-state index contributed by atoms with van der Waals surface area (Å²) in [6.07, 6.45) is 1.72. The molecular formula is C11H19NO4. The maximum absolute atomic E-state index is 11.7. The summed E-state index contributed by atoms with van der Waals surface area (Å²) in [5.41, 5.74) is -0.922. The molecule has 2 N–H and O–H groups in total. The molecule has 0 aliphatic carbocycles. The fourth-order valence-corrected chi connectivity index (χ4v) is 2.14. The maximum atomic E-state index is 11.7. The summed E-state index contributed by atoms with van der Waals surface area (Å²) in [7, 11) is 0. The number of aliphatic hydroxyl groups is 1. The molecule has 0 radical (unpaired) electrons. The zero-order chi connectivity index (χ0) is 11.6. The van der Waals surface area contributed by atoms with E-state index in [0.29, 0.717) is 19.6 Å². The molecule has 3 atom stereocenters. The summed E-state index contributed by atoms with van der Waals surface area (Å²) < 4.78 is 10.6. The average Bonchev–Trinajstić information content (AvgIpc) is 2.87. The van der Waals surface area contributed by atoms with E-state index in [1.54, 1.807) is 0 Å². The molecule has 5 heteroatoms. The summed E-state index contributed by atoms with van der Waals surface area (Å²) in [4.78, 5) is 11.7. The van der Waals surface area contributed by atoms with Crippen LogP contribution in [0.5, 0.6) is 0 Å².